The Morgan fingerprint density at radius 2 is 1.49 bits per heavy atom. The van der Waals surface area contributed by atoms with E-state index in [1.54, 1.807) is 0 Å². The molecule has 1 unspecified atom stereocenters. The van der Waals surface area contributed by atoms with E-state index in [2.05, 4.69) is 102 Å². The molecule has 2 aromatic heterocycles. The van der Waals surface area contributed by atoms with Crippen LogP contribution in [-0.2, 0) is 12.8 Å². The molecule has 0 radical (unpaired) electrons. The highest BCUT2D eigenvalue weighted by molar-refractivity contribution is 6.23. The van der Waals surface area contributed by atoms with Crippen molar-refractivity contribution in [2.75, 3.05) is 7.05 Å². The number of hydrogen-bond acceptors (Lipinski definition) is 2. The summed E-state index contributed by atoms with van der Waals surface area (Å²) < 4.78 is 0. The van der Waals surface area contributed by atoms with Crippen molar-refractivity contribution in [1.82, 2.24) is 14.9 Å². The SMILES string of the molecule is CCC1=C(C)/C2=C/C3C(CC)=C(C)/C(=C/c4[nH]c(c(C)c4CC)/C=c4\[nH]c(c(C)c4CC)=CC1=N2)N3C. The zero-order chi connectivity index (χ0) is 26.6. The highest BCUT2D eigenvalue weighted by atomic mass is 15.2. The first kappa shape index (κ1) is 25.4. The number of aromatic nitrogens is 2. The fourth-order valence-electron chi connectivity index (χ4n) is 6.66. The number of aromatic amines is 2. The Kier molecular flexibility index (Phi) is 6.55. The number of rotatable bonds is 4. The van der Waals surface area contributed by atoms with Crippen LogP contribution in [0.4, 0.5) is 0 Å². The molecule has 0 aliphatic carbocycles. The van der Waals surface area contributed by atoms with Gasteiger partial charge in [-0.2, -0.15) is 0 Å². The van der Waals surface area contributed by atoms with Gasteiger partial charge >= 0.3 is 0 Å². The molecule has 5 rings (SSSR count). The van der Waals surface area contributed by atoms with E-state index in [4.69, 9.17) is 4.99 Å². The molecule has 0 aromatic carbocycles. The van der Waals surface area contributed by atoms with Crippen molar-refractivity contribution in [2.45, 2.75) is 87.1 Å². The van der Waals surface area contributed by atoms with Gasteiger partial charge in [0.2, 0.25) is 0 Å². The normalized spacial score (nSPS) is 22.9. The fraction of sp³-hybridized carbons (Fsp3) is 0.424. The molecule has 2 N–H and O–H groups in total. The molecule has 37 heavy (non-hydrogen) atoms. The molecule has 4 nitrogen and oxygen atoms in total. The Labute approximate surface area is 222 Å². The topological polar surface area (TPSA) is 47.2 Å². The summed E-state index contributed by atoms with van der Waals surface area (Å²) in [6.07, 6.45) is 13.4. The van der Waals surface area contributed by atoms with Gasteiger partial charge in [-0.3, -0.25) is 0 Å². The monoisotopic (exact) mass is 494 g/mol. The second-order valence-corrected chi connectivity index (χ2v) is 10.7. The molecule has 3 aliphatic rings. The number of aliphatic imine (C=N–C) groups is 1. The Hall–Kier alpha value is -3.27. The number of hydrogen-bond donors (Lipinski definition) is 2. The average molecular weight is 495 g/mol. The number of nitrogens with one attached hydrogen (secondary N) is 2. The number of likely N-dealkylation sites (N-methyl/N-ethyl adjacent to an activating group) is 1. The molecule has 194 valence electrons. The quantitative estimate of drug-likeness (QED) is 0.526. The lowest BCUT2D eigenvalue weighted by atomic mass is 9.98. The smallest absolute Gasteiger partial charge is 0.0713 e. The summed E-state index contributed by atoms with van der Waals surface area (Å²) in [5.74, 6) is 0. The minimum absolute atomic E-state index is 0.216. The van der Waals surface area contributed by atoms with Crippen molar-refractivity contribution in [2.24, 2.45) is 4.99 Å². The van der Waals surface area contributed by atoms with Crippen LogP contribution >= 0.6 is 0 Å². The minimum Gasteiger partial charge on any atom is -0.364 e. The zero-order valence-corrected chi connectivity index (χ0v) is 24.1. The molecule has 8 bridgehead atoms. The van der Waals surface area contributed by atoms with Crippen LogP contribution in [0.1, 0.15) is 88.0 Å². The maximum Gasteiger partial charge on any atom is 0.0713 e. The molecule has 2 aromatic rings. The van der Waals surface area contributed by atoms with Gasteiger partial charge in [-0.15, -0.1) is 0 Å². The Balaban J connectivity index is 1.88. The number of allylic oxidation sites excluding steroid dienone is 3. The maximum absolute atomic E-state index is 5.22. The molecular formula is C33H42N4. The summed E-state index contributed by atoms with van der Waals surface area (Å²) >= 11 is 0. The Morgan fingerprint density at radius 1 is 0.757 bits per heavy atom. The van der Waals surface area contributed by atoms with Crippen LogP contribution in [-0.4, -0.2) is 33.7 Å². The highest BCUT2D eigenvalue weighted by Gasteiger charge is 2.31. The molecule has 0 spiro atoms. The summed E-state index contributed by atoms with van der Waals surface area (Å²) in [6, 6.07) is 0.216. The largest absolute Gasteiger partial charge is 0.364 e. The lowest BCUT2D eigenvalue weighted by Crippen LogP contribution is -2.25. The second-order valence-electron chi connectivity index (χ2n) is 10.7. The van der Waals surface area contributed by atoms with Crippen LogP contribution < -0.4 is 10.7 Å². The molecule has 0 saturated heterocycles. The lowest BCUT2D eigenvalue weighted by molar-refractivity contribution is 0.419. The van der Waals surface area contributed by atoms with Crippen LogP contribution in [0.25, 0.3) is 18.2 Å². The molecule has 3 aliphatic heterocycles. The standard InChI is InChI=1S/C33H42N4/c1-10-22-18(5)26-14-30-23(11-2)20(7)28(36-30)16-33-25(13-4)21(8)32(37(33)9)17-31-24(12-3)19(6)27(35-31)15-29(22)34-26/h14-17,33-35H,10-13H2,1-9H3/b26-14?,28-16-,29-15-,32-17-. The van der Waals surface area contributed by atoms with Crippen molar-refractivity contribution in [3.63, 3.8) is 0 Å². The van der Waals surface area contributed by atoms with Crippen LogP contribution in [0.15, 0.2) is 44.8 Å². The van der Waals surface area contributed by atoms with Gasteiger partial charge in [0.05, 0.1) is 17.5 Å². The maximum atomic E-state index is 5.22. The van der Waals surface area contributed by atoms with E-state index < -0.39 is 0 Å². The Bertz CT molecular complexity index is 1560. The Morgan fingerprint density at radius 3 is 2.14 bits per heavy atom. The summed E-state index contributed by atoms with van der Waals surface area (Å²) in [7, 11) is 2.24. The van der Waals surface area contributed by atoms with Gasteiger partial charge in [0.15, 0.2) is 0 Å². The molecule has 0 amide bonds. The lowest BCUT2D eigenvalue weighted by Gasteiger charge is -2.24. The van der Waals surface area contributed by atoms with E-state index in [0.717, 1.165) is 37.1 Å². The van der Waals surface area contributed by atoms with E-state index in [9.17, 15) is 0 Å². The zero-order valence-electron chi connectivity index (χ0n) is 24.1. The first-order valence-corrected chi connectivity index (χ1v) is 14.0. The first-order valence-electron chi connectivity index (χ1n) is 14.0. The van der Waals surface area contributed by atoms with Gasteiger partial charge in [-0.05, 0) is 122 Å². The third-order valence-corrected chi connectivity index (χ3v) is 8.92. The average Bonchev–Trinajstić information content (AvgIpc) is 3.51. The summed E-state index contributed by atoms with van der Waals surface area (Å²) in [6.45, 7) is 18.1. The summed E-state index contributed by atoms with van der Waals surface area (Å²) in [5.41, 5.74) is 16.9. The predicted octanol–water partition coefficient (Wildman–Crippen LogP) is 6.15. The van der Waals surface area contributed by atoms with Crippen molar-refractivity contribution in [3.05, 3.63) is 84.1 Å². The molecule has 0 fully saturated rings. The second kappa shape index (κ2) is 9.55. The van der Waals surface area contributed by atoms with E-state index in [-0.39, 0.29) is 6.04 Å². The molecule has 1 atom stereocenters. The van der Waals surface area contributed by atoms with Crippen LogP contribution in [0.3, 0.4) is 0 Å². The van der Waals surface area contributed by atoms with Crippen molar-refractivity contribution in [3.8, 4) is 0 Å². The van der Waals surface area contributed by atoms with Crippen molar-refractivity contribution < 1.29 is 0 Å². The summed E-state index contributed by atoms with van der Waals surface area (Å²) in [5, 5.41) is 2.36. The van der Waals surface area contributed by atoms with Crippen LogP contribution in [0.5, 0.6) is 0 Å². The van der Waals surface area contributed by atoms with E-state index in [1.807, 2.05) is 0 Å². The van der Waals surface area contributed by atoms with Crippen molar-refractivity contribution >= 4 is 23.9 Å². The molecule has 5 heterocycles. The molecule has 0 saturated carbocycles. The van der Waals surface area contributed by atoms with Gasteiger partial charge in [-0.25, -0.2) is 4.99 Å². The third-order valence-electron chi connectivity index (χ3n) is 8.92. The van der Waals surface area contributed by atoms with Gasteiger partial charge in [0.1, 0.15) is 0 Å². The van der Waals surface area contributed by atoms with Gasteiger partial charge in [-0.1, -0.05) is 27.7 Å². The van der Waals surface area contributed by atoms with Gasteiger partial charge in [0.25, 0.3) is 0 Å². The number of H-pyrrole nitrogens is 2. The van der Waals surface area contributed by atoms with Gasteiger partial charge in [0, 0.05) is 34.8 Å². The van der Waals surface area contributed by atoms with Crippen LogP contribution in [0, 0.1) is 13.8 Å². The first-order chi connectivity index (χ1) is 17.7. The van der Waals surface area contributed by atoms with E-state index in [0.29, 0.717) is 0 Å². The van der Waals surface area contributed by atoms with Crippen molar-refractivity contribution in [1.29, 1.82) is 0 Å². The van der Waals surface area contributed by atoms with E-state index >= 15 is 0 Å². The van der Waals surface area contributed by atoms with Crippen LogP contribution in [0.2, 0.25) is 0 Å². The molecule has 4 heteroatoms. The minimum atomic E-state index is 0.216. The third kappa shape index (κ3) is 3.93. The molecular weight excluding hydrogens is 452 g/mol. The number of fused-ring (bicyclic) bond motifs is 7. The fourth-order valence-corrected chi connectivity index (χ4v) is 6.66. The predicted molar refractivity (Wildman–Crippen MR) is 158 cm³/mol. The van der Waals surface area contributed by atoms with Gasteiger partial charge < -0.3 is 14.9 Å². The summed E-state index contributed by atoms with van der Waals surface area (Å²) in [4.78, 5) is 15.2. The van der Waals surface area contributed by atoms with E-state index in [1.165, 1.54) is 72.3 Å². The highest BCUT2D eigenvalue weighted by Crippen LogP contribution is 2.39. The number of nitrogens with zero attached hydrogens (tertiary/aromatic N) is 2.